The Labute approximate surface area is 133 Å². The van der Waals surface area contributed by atoms with Gasteiger partial charge >= 0.3 is 0 Å². The molecule has 118 valence electrons. The first kappa shape index (κ1) is 15.5. The van der Waals surface area contributed by atoms with E-state index in [0.717, 1.165) is 12.5 Å². The lowest BCUT2D eigenvalue weighted by molar-refractivity contribution is 0.0309. The maximum absolute atomic E-state index is 3.95. The van der Waals surface area contributed by atoms with Crippen LogP contribution in [0.15, 0.2) is 10.8 Å². The molecule has 0 radical (unpaired) electrons. The number of piperazine rings is 1. The minimum absolute atomic E-state index is 0.410. The van der Waals surface area contributed by atoms with Crippen LogP contribution in [0.1, 0.15) is 57.1 Å². The van der Waals surface area contributed by atoms with Crippen molar-refractivity contribution in [3.05, 3.63) is 21.9 Å². The first-order valence-electron chi connectivity index (χ1n) is 8.60. The van der Waals surface area contributed by atoms with Crippen LogP contribution in [0, 0.1) is 12.8 Å². The molecule has 2 aliphatic rings. The van der Waals surface area contributed by atoms with Gasteiger partial charge in [-0.05, 0) is 47.6 Å². The molecule has 0 aromatic carbocycles. The number of nitrogens with zero attached hydrogens (tertiary/aromatic N) is 1. The molecule has 1 spiro atoms. The number of nitrogens with one attached hydrogen (secondary N) is 1. The van der Waals surface area contributed by atoms with Gasteiger partial charge < -0.3 is 5.32 Å². The van der Waals surface area contributed by atoms with Crippen LogP contribution >= 0.6 is 11.3 Å². The number of aryl methyl sites for hydroxylation is 1. The van der Waals surface area contributed by atoms with E-state index in [-0.39, 0.29) is 0 Å². The zero-order valence-electron chi connectivity index (χ0n) is 13.8. The largest absolute Gasteiger partial charge is 0.308 e. The maximum Gasteiger partial charge on any atom is 0.0309 e. The summed E-state index contributed by atoms with van der Waals surface area (Å²) in [5.74, 6) is 0.720. The van der Waals surface area contributed by atoms with Gasteiger partial charge in [0.1, 0.15) is 0 Å². The maximum atomic E-state index is 3.95. The highest BCUT2D eigenvalue weighted by molar-refractivity contribution is 7.08. The molecular formula is C18H30N2S. The van der Waals surface area contributed by atoms with Gasteiger partial charge in [-0.2, -0.15) is 11.3 Å². The molecular weight excluding hydrogens is 276 g/mol. The number of hydrogen-bond acceptors (Lipinski definition) is 3. The molecule has 0 bridgehead atoms. The van der Waals surface area contributed by atoms with Gasteiger partial charge in [0.2, 0.25) is 0 Å². The van der Waals surface area contributed by atoms with Gasteiger partial charge in [0.15, 0.2) is 0 Å². The van der Waals surface area contributed by atoms with Crippen molar-refractivity contribution in [2.24, 2.45) is 5.92 Å². The van der Waals surface area contributed by atoms with Gasteiger partial charge in [0.25, 0.3) is 0 Å². The van der Waals surface area contributed by atoms with E-state index in [1.54, 1.807) is 5.56 Å². The molecule has 3 rings (SSSR count). The fraction of sp³-hybridized carbons (Fsp3) is 0.778. The zero-order chi connectivity index (χ0) is 14.9. The van der Waals surface area contributed by atoms with Gasteiger partial charge in [-0.15, -0.1) is 0 Å². The second-order valence-corrected chi connectivity index (χ2v) is 8.26. The first-order chi connectivity index (χ1) is 10.1. The molecule has 0 amide bonds. The molecule has 1 aromatic rings. The fourth-order valence-electron chi connectivity index (χ4n) is 4.17. The summed E-state index contributed by atoms with van der Waals surface area (Å²) in [6.45, 7) is 10.6. The Balaban J connectivity index is 1.76. The highest BCUT2D eigenvalue weighted by atomic mass is 32.1. The average Bonchev–Trinajstić information content (AvgIpc) is 2.85. The van der Waals surface area contributed by atoms with Crippen LogP contribution in [0.3, 0.4) is 0 Å². The highest BCUT2D eigenvalue weighted by Crippen LogP contribution is 2.34. The molecule has 1 unspecified atom stereocenters. The second-order valence-electron chi connectivity index (χ2n) is 7.52. The fourth-order valence-corrected chi connectivity index (χ4v) is 5.02. The number of hydrogen-bond donors (Lipinski definition) is 1. The van der Waals surface area contributed by atoms with Crippen LogP contribution in [-0.2, 0) is 6.54 Å². The second kappa shape index (κ2) is 6.39. The minimum Gasteiger partial charge on any atom is -0.308 e. The van der Waals surface area contributed by atoms with Gasteiger partial charge in [-0.1, -0.05) is 33.1 Å². The normalized spacial score (nSPS) is 26.6. The van der Waals surface area contributed by atoms with Crippen LogP contribution in [0.4, 0.5) is 0 Å². The summed E-state index contributed by atoms with van der Waals surface area (Å²) < 4.78 is 0. The van der Waals surface area contributed by atoms with Crippen LogP contribution < -0.4 is 5.32 Å². The summed E-state index contributed by atoms with van der Waals surface area (Å²) in [6, 6.07) is 0.678. The van der Waals surface area contributed by atoms with Crippen molar-refractivity contribution >= 4 is 11.3 Å². The Morgan fingerprint density at radius 3 is 2.67 bits per heavy atom. The average molecular weight is 307 g/mol. The molecule has 21 heavy (non-hydrogen) atoms. The summed E-state index contributed by atoms with van der Waals surface area (Å²) in [7, 11) is 0. The molecule has 1 N–H and O–H groups in total. The van der Waals surface area contributed by atoms with Gasteiger partial charge in [0.05, 0.1) is 0 Å². The summed E-state index contributed by atoms with van der Waals surface area (Å²) in [5.41, 5.74) is 3.42. The Morgan fingerprint density at radius 1 is 1.29 bits per heavy atom. The standard InChI is InChI=1S/C18H30N2S/c1-14(2)17-9-19-18(7-5-4-6-8-18)13-20(17)10-16-12-21-11-15(16)3/h11-12,14,17,19H,4-10,13H2,1-3H3. The third-order valence-corrected chi connectivity index (χ3v) is 6.49. The lowest BCUT2D eigenvalue weighted by Gasteiger charge is -2.51. The predicted octanol–water partition coefficient (Wildman–Crippen LogP) is 4.19. The zero-order valence-corrected chi connectivity index (χ0v) is 14.6. The van der Waals surface area contributed by atoms with E-state index in [1.165, 1.54) is 50.8 Å². The van der Waals surface area contributed by atoms with E-state index in [4.69, 9.17) is 0 Å². The van der Waals surface area contributed by atoms with E-state index < -0.39 is 0 Å². The Morgan fingerprint density at radius 2 is 2.05 bits per heavy atom. The Hall–Kier alpha value is -0.380. The summed E-state index contributed by atoms with van der Waals surface area (Å²) in [4.78, 5) is 2.78. The molecule has 2 heterocycles. The minimum atomic E-state index is 0.410. The van der Waals surface area contributed by atoms with Crippen molar-refractivity contribution < 1.29 is 0 Å². The third kappa shape index (κ3) is 3.35. The van der Waals surface area contributed by atoms with Gasteiger partial charge in [-0.3, -0.25) is 4.90 Å². The van der Waals surface area contributed by atoms with Crippen LogP contribution in [-0.4, -0.2) is 29.6 Å². The van der Waals surface area contributed by atoms with E-state index in [2.05, 4.69) is 41.7 Å². The molecule has 1 atom stereocenters. The monoisotopic (exact) mass is 306 g/mol. The Bertz CT molecular complexity index is 460. The third-order valence-electron chi connectivity index (χ3n) is 5.58. The van der Waals surface area contributed by atoms with Crippen molar-refractivity contribution in [1.29, 1.82) is 0 Å². The molecule has 2 nitrogen and oxygen atoms in total. The highest BCUT2D eigenvalue weighted by Gasteiger charge is 2.40. The van der Waals surface area contributed by atoms with E-state index in [0.29, 0.717) is 11.6 Å². The summed E-state index contributed by atoms with van der Waals surface area (Å²) in [5, 5.41) is 8.59. The van der Waals surface area contributed by atoms with Crippen molar-refractivity contribution in [1.82, 2.24) is 10.2 Å². The molecule has 1 aromatic heterocycles. The van der Waals surface area contributed by atoms with Crippen LogP contribution in [0.25, 0.3) is 0 Å². The Kier molecular flexibility index (Phi) is 4.72. The van der Waals surface area contributed by atoms with E-state index >= 15 is 0 Å². The lowest BCUT2D eigenvalue weighted by Crippen LogP contribution is -2.65. The number of rotatable bonds is 3. The molecule has 1 saturated heterocycles. The number of thiophene rings is 1. The van der Waals surface area contributed by atoms with Crippen molar-refractivity contribution in [2.75, 3.05) is 13.1 Å². The van der Waals surface area contributed by atoms with E-state index in [1.807, 2.05) is 11.3 Å². The summed E-state index contributed by atoms with van der Waals surface area (Å²) in [6.07, 6.45) is 6.99. The molecule has 3 heteroatoms. The predicted molar refractivity (Wildman–Crippen MR) is 91.9 cm³/mol. The SMILES string of the molecule is Cc1cscc1CN1CC2(CCCCC2)NCC1C(C)C. The van der Waals surface area contributed by atoms with Crippen LogP contribution in [0.5, 0.6) is 0 Å². The van der Waals surface area contributed by atoms with Crippen molar-refractivity contribution in [2.45, 2.75) is 71.0 Å². The topological polar surface area (TPSA) is 15.3 Å². The molecule has 2 fully saturated rings. The van der Waals surface area contributed by atoms with E-state index in [9.17, 15) is 0 Å². The summed E-state index contributed by atoms with van der Waals surface area (Å²) >= 11 is 1.85. The molecule has 1 aliphatic carbocycles. The lowest BCUT2D eigenvalue weighted by atomic mass is 9.78. The first-order valence-corrected chi connectivity index (χ1v) is 9.55. The van der Waals surface area contributed by atoms with Crippen molar-refractivity contribution in [3.63, 3.8) is 0 Å². The van der Waals surface area contributed by atoms with Gasteiger partial charge in [-0.25, -0.2) is 0 Å². The molecule has 1 aliphatic heterocycles. The van der Waals surface area contributed by atoms with Gasteiger partial charge in [0, 0.05) is 31.2 Å². The smallest absolute Gasteiger partial charge is 0.0309 e. The molecule has 1 saturated carbocycles. The van der Waals surface area contributed by atoms with Crippen molar-refractivity contribution in [3.8, 4) is 0 Å². The van der Waals surface area contributed by atoms with Crippen LogP contribution in [0.2, 0.25) is 0 Å². The quantitative estimate of drug-likeness (QED) is 0.901.